The van der Waals surface area contributed by atoms with Gasteiger partial charge in [0.2, 0.25) is 5.88 Å². The van der Waals surface area contributed by atoms with Crippen LogP contribution in [-0.4, -0.2) is 15.0 Å². The first-order chi connectivity index (χ1) is 9.28. The molecule has 0 saturated carbocycles. The number of benzene rings is 1. The van der Waals surface area contributed by atoms with Crippen molar-refractivity contribution in [2.75, 3.05) is 0 Å². The fourth-order valence-electron chi connectivity index (χ4n) is 1.82. The second-order valence-corrected chi connectivity index (χ2v) is 4.27. The Bertz CT molecular complexity index is 751. The maximum Gasteiger partial charge on any atom is 0.231 e. The van der Waals surface area contributed by atoms with Crippen molar-refractivity contribution in [1.82, 2.24) is 15.0 Å². The van der Waals surface area contributed by atoms with Gasteiger partial charge in [-0.05, 0) is 24.3 Å². The van der Waals surface area contributed by atoms with Crippen LogP contribution in [-0.2, 0) is 0 Å². The number of aromatic nitrogens is 3. The van der Waals surface area contributed by atoms with Gasteiger partial charge >= 0.3 is 0 Å². The fourth-order valence-corrected chi connectivity index (χ4v) is 2.02. The van der Waals surface area contributed by atoms with E-state index in [0.717, 1.165) is 10.9 Å². The highest BCUT2D eigenvalue weighted by atomic mass is 35.5. The summed E-state index contributed by atoms with van der Waals surface area (Å²) in [6.07, 6.45) is 4.82. The topological polar surface area (TPSA) is 50.8 Å². The zero-order chi connectivity index (χ0) is 13.2. The van der Waals surface area contributed by atoms with Gasteiger partial charge in [0.15, 0.2) is 0 Å². The minimum Gasteiger partial charge on any atom is -0.438 e. The molecule has 0 spiro atoms. The Balaban J connectivity index is 2.00. The Morgan fingerprint density at radius 1 is 1.26 bits per heavy atom. The molecule has 0 unspecified atom stereocenters. The first-order valence-electron chi connectivity index (χ1n) is 5.66. The number of nitrogens with zero attached hydrogens (tertiary/aromatic N) is 2. The maximum absolute atomic E-state index is 5.97. The summed E-state index contributed by atoms with van der Waals surface area (Å²) in [6, 6.07) is 7.71. The SMILES string of the molecule is C=Cc1c(Cl)ncnc1Oc1ccc2[nH]ccc2c1. The normalized spacial score (nSPS) is 10.6. The van der Waals surface area contributed by atoms with Crippen LogP contribution < -0.4 is 4.74 Å². The van der Waals surface area contributed by atoms with Crippen LogP contribution in [0.4, 0.5) is 0 Å². The van der Waals surface area contributed by atoms with E-state index in [1.54, 1.807) is 6.08 Å². The number of fused-ring (bicyclic) bond motifs is 1. The predicted molar refractivity (Wildman–Crippen MR) is 75.5 cm³/mol. The van der Waals surface area contributed by atoms with Crippen molar-refractivity contribution in [2.45, 2.75) is 0 Å². The van der Waals surface area contributed by atoms with Gasteiger partial charge in [-0.3, -0.25) is 0 Å². The second kappa shape index (κ2) is 4.74. The molecule has 2 heterocycles. The predicted octanol–water partition coefficient (Wildman–Crippen LogP) is 4.05. The van der Waals surface area contributed by atoms with Gasteiger partial charge in [-0.25, -0.2) is 9.97 Å². The molecule has 2 aromatic heterocycles. The molecule has 3 rings (SSSR count). The lowest BCUT2D eigenvalue weighted by atomic mass is 10.2. The molecule has 0 bridgehead atoms. The van der Waals surface area contributed by atoms with Gasteiger partial charge in [0, 0.05) is 17.1 Å². The second-order valence-electron chi connectivity index (χ2n) is 3.92. The molecule has 0 atom stereocenters. The van der Waals surface area contributed by atoms with Gasteiger partial charge in [-0.1, -0.05) is 24.3 Å². The third kappa shape index (κ3) is 2.18. The van der Waals surface area contributed by atoms with E-state index in [4.69, 9.17) is 16.3 Å². The first-order valence-corrected chi connectivity index (χ1v) is 6.03. The number of halogens is 1. The third-order valence-corrected chi connectivity index (χ3v) is 3.04. The van der Waals surface area contributed by atoms with Crippen LogP contribution in [0, 0.1) is 0 Å². The monoisotopic (exact) mass is 271 g/mol. The molecule has 19 heavy (non-hydrogen) atoms. The Morgan fingerprint density at radius 3 is 3.00 bits per heavy atom. The summed E-state index contributed by atoms with van der Waals surface area (Å²) in [6.45, 7) is 3.69. The lowest BCUT2D eigenvalue weighted by molar-refractivity contribution is 0.461. The van der Waals surface area contributed by atoms with Crippen molar-refractivity contribution in [2.24, 2.45) is 0 Å². The van der Waals surface area contributed by atoms with Crippen molar-refractivity contribution in [3.8, 4) is 11.6 Å². The number of hydrogen-bond acceptors (Lipinski definition) is 3. The highest BCUT2D eigenvalue weighted by Crippen LogP contribution is 2.29. The minimum atomic E-state index is 0.322. The van der Waals surface area contributed by atoms with Crippen LogP contribution >= 0.6 is 11.6 Å². The fraction of sp³-hybridized carbons (Fsp3) is 0. The number of rotatable bonds is 3. The van der Waals surface area contributed by atoms with Crippen molar-refractivity contribution in [3.63, 3.8) is 0 Å². The van der Waals surface area contributed by atoms with E-state index in [2.05, 4.69) is 21.5 Å². The average molecular weight is 272 g/mol. The van der Waals surface area contributed by atoms with E-state index in [-0.39, 0.29) is 0 Å². The van der Waals surface area contributed by atoms with E-state index >= 15 is 0 Å². The molecule has 3 aromatic rings. The molecule has 1 N–H and O–H groups in total. The Hall–Kier alpha value is -2.33. The Morgan fingerprint density at radius 2 is 2.16 bits per heavy atom. The standard InChI is InChI=1S/C14H10ClN3O/c1-2-11-13(15)17-8-18-14(11)19-10-3-4-12-9(7-10)5-6-16-12/h2-8,16H,1H2. The van der Waals surface area contributed by atoms with Crippen molar-refractivity contribution < 1.29 is 4.74 Å². The van der Waals surface area contributed by atoms with E-state index in [9.17, 15) is 0 Å². The van der Waals surface area contributed by atoms with Crippen LogP contribution in [0.1, 0.15) is 5.56 Å². The summed E-state index contributed by atoms with van der Waals surface area (Å²) in [5.74, 6) is 1.08. The molecule has 0 saturated heterocycles. The number of aromatic amines is 1. The maximum atomic E-state index is 5.97. The van der Waals surface area contributed by atoms with E-state index in [1.165, 1.54) is 6.33 Å². The van der Waals surface area contributed by atoms with Gasteiger partial charge in [-0.2, -0.15) is 0 Å². The summed E-state index contributed by atoms with van der Waals surface area (Å²) in [5.41, 5.74) is 1.63. The molecule has 0 radical (unpaired) electrons. The highest BCUT2D eigenvalue weighted by Gasteiger charge is 2.09. The smallest absolute Gasteiger partial charge is 0.231 e. The van der Waals surface area contributed by atoms with Crippen LogP contribution in [0.15, 0.2) is 43.4 Å². The summed E-state index contributed by atoms with van der Waals surface area (Å²) in [5, 5.41) is 1.39. The molecular formula is C14H10ClN3O. The highest BCUT2D eigenvalue weighted by molar-refractivity contribution is 6.31. The molecule has 0 aliphatic rings. The Kier molecular flexibility index (Phi) is 2.93. The van der Waals surface area contributed by atoms with Gasteiger partial charge in [0.1, 0.15) is 17.2 Å². The van der Waals surface area contributed by atoms with Crippen molar-refractivity contribution >= 4 is 28.6 Å². The first kappa shape index (κ1) is 11.7. The number of H-pyrrole nitrogens is 1. The number of nitrogens with one attached hydrogen (secondary N) is 1. The summed E-state index contributed by atoms with van der Waals surface area (Å²) in [4.78, 5) is 11.1. The summed E-state index contributed by atoms with van der Waals surface area (Å²) in [7, 11) is 0. The molecule has 94 valence electrons. The van der Waals surface area contributed by atoms with Crippen molar-refractivity contribution in [3.05, 3.63) is 54.1 Å². The lowest BCUT2D eigenvalue weighted by Gasteiger charge is -2.08. The number of hydrogen-bond donors (Lipinski definition) is 1. The zero-order valence-corrected chi connectivity index (χ0v) is 10.7. The molecule has 0 amide bonds. The van der Waals surface area contributed by atoms with Crippen LogP contribution in [0.5, 0.6) is 11.6 Å². The van der Waals surface area contributed by atoms with Gasteiger partial charge in [0.25, 0.3) is 0 Å². The van der Waals surface area contributed by atoms with Gasteiger partial charge in [-0.15, -0.1) is 0 Å². The van der Waals surface area contributed by atoms with Gasteiger partial charge < -0.3 is 9.72 Å². The molecule has 0 aliphatic carbocycles. The minimum absolute atomic E-state index is 0.322. The van der Waals surface area contributed by atoms with E-state index in [1.807, 2.05) is 30.5 Å². The molecule has 4 nitrogen and oxygen atoms in total. The lowest BCUT2D eigenvalue weighted by Crippen LogP contribution is -1.93. The average Bonchev–Trinajstić information content (AvgIpc) is 2.86. The molecule has 5 heteroatoms. The molecule has 0 aliphatic heterocycles. The van der Waals surface area contributed by atoms with Crippen LogP contribution in [0.3, 0.4) is 0 Å². The molecule has 1 aromatic carbocycles. The van der Waals surface area contributed by atoms with E-state index in [0.29, 0.717) is 22.3 Å². The van der Waals surface area contributed by atoms with Gasteiger partial charge in [0.05, 0.1) is 5.56 Å². The quantitative estimate of drug-likeness (QED) is 0.731. The third-order valence-electron chi connectivity index (χ3n) is 2.74. The van der Waals surface area contributed by atoms with Crippen LogP contribution in [0.25, 0.3) is 17.0 Å². The largest absolute Gasteiger partial charge is 0.438 e. The van der Waals surface area contributed by atoms with Crippen molar-refractivity contribution in [1.29, 1.82) is 0 Å². The molecular weight excluding hydrogens is 262 g/mol. The number of ether oxygens (including phenoxy) is 1. The summed E-state index contributed by atoms with van der Waals surface area (Å²) < 4.78 is 5.74. The van der Waals surface area contributed by atoms with Crippen LogP contribution in [0.2, 0.25) is 5.15 Å². The summed E-state index contributed by atoms with van der Waals surface area (Å²) >= 11 is 5.97. The molecule has 0 fully saturated rings. The zero-order valence-electron chi connectivity index (χ0n) is 9.93. The Labute approximate surface area is 114 Å². The van der Waals surface area contributed by atoms with E-state index < -0.39 is 0 Å².